The molecule has 0 heterocycles. The fraction of sp³-hybridized carbons (Fsp3) is 0. The summed E-state index contributed by atoms with van der Waals surface area (Å²) in [4.78, 5) is -1.16. The largest absolute Gasteiger partial charge is 0.398 e. The fourth-order valence-electron chi connectivity index (χ4n) is 0.922. The van der Waals surface area contributed by atoms with E-state index in [4.69, 9.17) is 25.6 Å². The van der Waals surface area contributed by atoms with Crippen LogP contribution in [0.4, 0.5) is 5.69 Å². The van der Waals surface area contributed by atoms with Gasteiger partial charge in [-0.15, -0.1) is 0 Å². The quantitative estimate of drug-likeness (QED) is 0.375. The minimum absolute atomic E-state index is 0.465. The summed E-state index contributed by atoms with van der Waals surface area (Å²) in [5, 5.41) is 12.0. The maximum atomic E-state index is 10.7. The summed E-state index contributed by atoms with van der Waals surface area (Å²) in [6, 6.07) is 2.33. The van der Waals surface area contributed by atoms with Gasteiger partial charge in [0.2, 0.25) is 0 Å². The third kappa shape index (κ3) is 3.96. The zero-order valence-electron chi connectivity index (χ0n) is 8.05. The van der Waals surface area contributed by atoms with E-state index in [-0.39, 0.29) is 0 Å². The minimum atomic E-state index is -4.50. The molecule has 0 fully saturated rings. The van der Waals surface area contributed by atoms with Crippen molar-refractivity contribution in [3.05, 3.63) is 18.2 Å². The van der Waals surface area contributed by atoms with Crippen molar-refractivity contribution in [3.63, 3.8) is 0 Å². The van der Waals surface area contributed by atoms with Crippen LogP contribution in [0, 0.1) is 10.8 Å². The molecule has 0 aliphatic rings. The van der Waals surface area contributed by atoms with Gasteiger partial charge >= 0.3 is 0 Å². The molecular formula is C6H7N3O6S2. The lowest BCUT2D eigenvalue weighted by Gasteiger charge is -2.03. The van der Waals surface area contributed by atoms with Crippen molar-refractivity contribution >= 4 is 25.9 Å². The molecule has 0 radical (unpaired) electrons. The summed E-state index contributed by atoms with van der Waals surface area (Å²) in [5.74, 6) is 0. The molecule has 9 nitrogen and oxygen atoms in total. The van der Waals surface area contributed by atoms with Gasteiger partial charge in [0.25, 0.3) is 20.2 Å². The summed E-state index contributed by atoms with van der Waals surface area (Å²) in [6.07, 6.45) is 0. The number of benzene rings is 1. The van der Waals surface area contributed by atoms with E-state index in [2.05, 4.69) is 0 Å². The van der Waals surface area contributed by atoms with Gasteiger partial charge in [0.15, 0.2) is 0 Å². The minimum Gasteiger partial charge on any atom is -0.398 e. The van der Waals surface area contributed by atoms with Crippen LogP contribution in [0.5, 0.6) is 0 Å². The Bertz CT molecular complexity index is 633. The van der Waals surface area contributed by atoms with Gasteiger partial charge < -0.3 is 5.73 Å². The third-order valence-electron chi connectivity index (χ3n) is 1.56. The van der Waals surface area contributed by atoms with E-state index in [1.165, 1.54) is 0 Å². The molecule has 0 aliphatic heterocycles. The molecule has 0 bridgehead atoms. The van der Waals surface area contributed by atoms with Crippen molar-refractivity contribution in [2.45, 2.75) is 9.79 Å². The Balaban J connectivity index is 0.00000121. The molecule has 94 valence electrons. The lowest BCUT2D eigenvalue weighted by atomic mass is 10.3. The second-order valence-electron chi connectivity index (χ2n) is 2.65. The molecule has 0 saturated carbocycles. The SMILES string of the molecule is N#N.Nc1cc(S(=O)(=O)O)ccc1S(=O)(=O)O. The Kier molecular flexibility index (Phi) is 4.54. The van der Waals surface area contributed by atoms with Crippen molar-refractivity contribution in [1.29, 1.82) is 10.8 Å². The maximum absolute atomic E-state index is 10.7. The van der Waals surface area contributed by atoms with E-state index in [9.17, 15) is 16.8 Å². The van der Waals surface area contributed by atoms with Gasteiger partial charge in [0, 0.05) is 10.8 Å². The number of hydrogen-bond acceptors (Lipinski definition) is 7. The second kappa shape index (κ2) is 5.06. The summed E-state index contributed by atoms with van der Waals surface area (Å²) < 4.78 is 59.9. The molecule has 0 aliphatic carbocycles. The summed E-state index contributed by atoms with van der Waals surface area (Å²) in [5.41, 5.74) is 4.72. The van der Waals surface area contributed by atoms with Crippen molar-refractivity contribution in [3.8, 4) is 0 Å². The number of nitrogens with two attached hydrogens (primary N) is 1. The maximum Gasteiger partial charge on any atom is 0.296 e. The second-order valence-corrected chi connectivity index (χ2v) is 5.46. The molecule has 0 aromatic heterocycles. The Labute approximate surface area is 96.8 Å². The van der Waals surface area contributed by atoms with E-state index in [0.29, 0.717) is 0 Å². The zero-order chi connectivity index (χ0) is 13.9. The molecule has 4 N–H and O–H groups in total. The third-order valence-corrected chi connectivity index (χ3v) is 3.33. The van der Waals surface area contributed by atoms with E-state index in [1.807, 2.05) is 0 Å². The highest BCUT2D eigenvalue weighted by atomic mass is 32.2. The van der Waals surface area contributed by atoms with Crippen LogP contribution in [0.3, 0.4) is 0 Å². The molecule has 1 aromatic carbocycles. The van der Waals surface area contributed by atoms with Crippen LogP contribution in [0.1, 0.15) is 0 Å². The van der Waals surface area contributed by atoms with Crippen LogP contribution in [0.25, 0.3) is 0 Å². The van der Waals surface area contributed by atoms with Crippen LogP contribution < -0.4 is 5.73 Å². The Hall–Kier alpha value is -1.74. The normalized spacial score (nSPS) is 11.3. The van der Waals surface area contributed by atoms with Crippen molar-refractivity contribution in [1.82, 2.24) is 0 Å². The average molecular weight is 281 g/mol. The zero-order valence-corrected chi connectivity index (χ0v) is 9.68. The Morgan fingerprint density at radius 3 is 1.76 bits per heavy atom. The van der Waals surface area contributed by atoms with Crippen LogP contribution >= 0.6 is 0 Å². The van der Waals surface area contributed by atoms with Crippen LogP contribution in [0.2, 0.25) is 0 Å². The highest BCUT2D eigenvalue weighted by Crippen LogP contribution is 2.21. The molecule has 0 amide bonds. The molecule has 17 heavy (non-hydrogen) atoms. The number of nitrogens with zero attached hydrogens (tertiary/aromatic N) is 2. The van der Waals surface area contributed by atoms with E-state index in [0.717, 1.165) is 18.2 Å². The van der Waals surface area contributed by atoms with Crippen molar-refractivity contribution in [2.75, 3.05) is 5.73 Å². The predicted octanol–water partition coefficient (Wildman–Crippen LogP) is -0.208. The van der Waals surface area contributed by atoms with Gasteiger partial charge in [-0.05, 0) is 18.2 Å². The first-order valence-electron chi connectivity index (χ1n) is 3.67. The lowest BCUT2D eigenvalue weighted by Crippen LogP contribution is -2.05. The smallest absolute Gasteiger partial charge is 0.296 e. The first-order valence-corrected chi connectivity index (χ1v) is 6.55. The Morgan fingerprint density at radius 2 is 1.47 bits per heavy atom. The molecule has 0 atom stereocenters. The van der Waals surface area contributed by atoms with Gasteiger partial charge in [0.1, 0.15) is 4.90 Å². The van der Waals surface area contributed by atoms with Crippen molar-refractivity contribution in [2.24, 2.45) is 0 Å². The molecule has 11 heteroatoms. The molecule has 0 unspecified atom stereocenters. The lowest BCUT2D eigenvalue weighted by molar-refractivity contribution is 0.479. The summed E-state index contributed by atoms with van der Waals surface area (Å²) in [6.45, 7) is 0. The molecule has 1 aromatic rings. The number of hydrogen-bond donors (Lipinski definition) is 3. The predicted molar refractivity (Wildman–Crippen MR) is 53.9 cm³/mol. The molecular weight excluding hydrogens is 274 g/mol. The highest BCUT2D eigenvalue weighted by Gasteiger charge is 2.17. The van der Waals surface area contributed by atoms with Crippen molar-refractivity contribution < 1.29 is 25.9 Å². The molecule has 1 rings (SSSR count). The first-order chi connectivity index (χ1) is 7.62. The summed E-state index contributed by atoms with van der Waals surface area (Å²) in [7, 11) is -8.94. The number of anilines is 1. The van der Waals surface area contributed by atoms with Gasteiger partial charge in [-0.1, -0.05) is 0 Å². The Morgan fingerprint density at radius 1 is 1.00 bits per heavy atom. The molecule has 0 spiro atoms. The van der Waals surface area contributed by atoms with Crippen LogP contribution in [0.15, 0.2) is 28.0 Å². The number of rotatable bonds is 2. The van der Waals surface area contributed by atoms with Crippen LogP contribution in [-0.4, -0.2) is 25.9 Å². The van der Waals surface area contributed by atoms with E-state index < -0.39 is 35.7 Å². The van der Waals surface area contributed by atoms with Crippen LogP contribution in [-0.2, 0) is 20.2 Å². The van der Waals surface area contributed by atoms with Gasteiger partial charge in [-0.25, -0.2) is 0 Å². The van der Waals surface area contributed by atoms with Gasteiger partial charge in [-0.3, -0.25) is 9.11 Å². The summed E-state index contributed by atoms with van der Waals surface area (Å²) >= 11 is 0. The molecule has 0 saturated heterocycles. The first kappa shape index (κ1) is 15.3. The number of nitrogen functional groups attached to an aromatic ring is 1. The monoisotopic (exact) mass is 281 g/mol. The highest BCUT2D eigenvalue weighted by molar-refractivity contribution is 7.86. The van der Waals surface area contributed by atoms with Gasteiger partial charge in [-0.2, -0.15) is 16.8 Å². The van der Waals surface area contributed by atoms with Gasteiger partial charge in [0.05, 0.1) is 10.6 Å². The average Bonchev–Trinajstić information content (AvgIpc) is 2.17. The fourth-order valence-corrected chi connectivity index (χ4v) is 2.03. The topological polar surface area (TPSA) is 182 Å². The van der Waals surface area contributed by atoms with E-state index in [1.54, 1.807) is 0 Å². The van der Waals surface area contributed by atoms with E-state index >= 15 is 0 Å². The standard InChI is InChI=1S/C6H7NO6S2.N2/c7-5-3-4(14(8,9)10)1-2-6(5)15(11,12)13;1-2/h1-3H,7H2,(H,8,9,10)(H,11,12,13);.